The van der Waals surface area contributed by atoms with Gasteiger partial charge in [-0.05, 0) is 36.8 Å². The number of esters is 1. The molecule has 0 atom stereocenters. The van der Waals surface area contributed by atoms with Crippen LogP contribution >= 0.6 is 0 Å². The summed E-state index contributed by atoms with van der Waals surface area (Å²) < 4.78 is 39.9. The maximum atomic E-state index is 12.7. The first kappa shape index (κ1) is 26.4. The Morgan fingerprint density at radius 3 is 2.76 bits per heavy atom. The number of sulfone groups is 1. The number of nitrogens with zero attached hydrogens (tertiary/aromatic N) is 6. The first-order valence-electron chi connectivity index (χ1n) is 12.8. The molecule has 0 saturated carbocycles. The fraction of sp³-hybridized carbons (Fsp3) is 0.286. The normalized spacial score (nSPS) is 13.9. The van der Waals surface area contributed by atoms with Crippen LogP contribution in [0.2, 0.25) is 0 Å². The zero-order valence-electron chi connectivity index (χ0n) is 22.9. The van der Waals surface area contributed by atoms with Gasteiger partial charge >= 0.3 is 5.97 Å². The Labute approximate surface area is 235 Å². The van der Waals surface area contributed by atoms with E-state index in [-0.39, 0.29) is 17.5 Å². The van der Waals surface area contributed by atoms with Crippen molar-refractivity contribution in [3.8, 4) is 11.8 Å². The van der Waals surface area contributed by atoms with Crippen molar-refractivity contribution in [3.05, 3.63) is 65.2 Å². The number of aryl methyl sites for hydroxylation is 1. The molecule has 0 unspecified atom stereocenters. The summed E-state index contributed by atoms with van der Waals surface area (Å²) in [7, 11) is -0.435. The third kappa shape index (κ3) is 4.46. The summed E-state index contributed by atoms with van der Waals surface area (Å²) in [6.07, 6.45) is 6.06. The Morgan fingerprint density at radius 1 is 1.27 bits per heavy atom. The van der Waals surface area contributed by atoms with Crippen LogP contribution in [0.25, 0.3) is 21.8 Å². The van der Waals surface area contributed by atoms with Crippen LogP contribution in [0.4, 0.5) is 5.95 Å². The molecule has 0 radical (unpaired) electrons. The second-order valence-corrected chi connectivity index (χ2v) is 12.2. The minimum Gasteiger partial charge on any atom is -0.483 e. The molecule has 6 rings (SSSR count). The predicted octanol–water partition coefficient (Wildman–Crippen LogP) is 2.94. The topological polar surface area (TPSA) is 148 Å². The van der Waals surface area contributed by atoms with Gasteiger partial charge in [0.05, 0.1) is 43.4 Å². The lowest BCUT2D eigenvalue weighted by molar-refractivity contribution is 0.0590. The smallest absolute Gasteiger partial charge is 0.356 e. The van der Waals surface area contributed by atoms with E-state index in [1.54, 1.807) is 40.7 Å². The van der Waals surface area contributed by atoms with Crippen LogP contribution in [0.5, 0.6) is 5.75 Å². The molecule has 4 heterocycles. The Hall–Kier alpha value is -4.83. The molecule has 41 heavy (non-hydrogen) atoms. The summed E-state index contributed by atoms with van der Waals surface area (Å²) >= 11 is 0. The first-order chi connectivity index (χ1) is 19.6. The highest BCUT2D eigenvalue weighted by Gasteiger charge is 2.33. The van der Waals surface area contributed by atoms with E-state index >= 15 is 0 Å². The van der Waals surface area contributed by atoms with Gasteiger partial charge < -0.3 is 23.9 Å². The number of anilines is 1. The molecule has 210 valence electrons. The highest BCUT2D eigenvalue weighted by atomic mass is 32.2. The van der Waals surface area contributed by atoms with Crippen molar-refractivity contribution >= 4 is 43.6 Å². The molecule has 0 bridgehead atoms. The molecule has 1 N–H and O–H groups in total. The van der Waals surface area contributed by atoms with Crippen LogP contribution in [-0.2, 0) is 28.2 Å². The first-order valence-corrected chi connectivity index (χ1v) is 14.7. The number of hydrogen-bond donors (Lipinski definition) is 1. The Morgan fingerprint density at radius 2 is 2.05 bits per heavy atom. The molecule has 0 amide bonds. The molecule has 13 heteroatoms. The molecule has 0 aliphatic carbocycles. The molecule has 1 aliphatic rings. The maximum Gasteiger partial charge on any atom is 0.356 e. The van der Waals surface area contributed by atoms with E-state index in [1.165, 1.54) is 19.6 Å². The van der Waals surface area contributed by atoms with Gasteiger partial charge in [0, 0.05) is 47.5 Å². The average molecular weight is 574 g/mol. The molecule has 1 aliphatic heterocycles. The molecule has 0 spiro atoms. The second-order valence-electron chi connectivity index (χ2n) is 10.2. The van der Waals surface area contributed by atoms with Crippen LogP contribution < -0.4 is 9.64 Å². The SMILES string of the molecule is COC(=O)c1cnc(N2CC(Oc3c(C#N)ccc4cn(Cc5c(S(C)(=O)=O)cc(C)c6[nH]ccc56)nc34)C2)n1C. The molecule has 3 aromatic heterocycles. The van der Waals surface area contributed by atoms with Gasteiger partial charge in [-0.1, -0.05) is 0 Å². The highest BCUT2D eigenvalue weighted by molar-refractivity contribution is 7.90. The van der Waals surface area contributed by atoms with Gasteiger partial charge in [0.2, 0.25) is 5.95 Å². The summed E-state index contributed by atoms with van der Waals surface area (Å²) in [4.78, 5) is 21.7. The quantitative estimate of drug-likeness (QED) is 0.290. The van der Waals surface area contributed by atoms with Crippen LogP contribution in [0.1, 0.15) is 27.2 Å². The number of imidazole rings is 1. The number of ether oxygens (including phenoxy) is 2. The van der Waals surface area contributed by atoms with Gasteiger partial charge in [0.1, 0.15) is 23.4 Å². The van der Waals surface area contributed by atoms with E-state index in [1.807, 2.05) is 24.1 Å². The average Bonchev–Trinajstić information content (AvgIpc) is 3.65. The van der Waals surface area contributed by atoms with Crippen molar-refractivity contribution in [3.63, 3.8) is 0 Å². The van der Waals surface area contributed by atoms with Crippen molar-refractivity contribution in [1.29, 1.82) is 5.26 Å². The van der Waals surface area contributed by atoms with Gasteiger partial charge in [-0.15, -0.1) is 0 Å². The number of aromatic nitrogens is 5. The number of H-pyrrole nitrogens is 1. The number of hydrogen-bond acceptors (Lipinski definition) is 9. The zero-order valence-corrected chi connectivity index (χ0v) is 23.7. The number of carbonyl (C=O) groups is 1. The number of benzene rings is 2. The van der Waals surface area contributed by atoms with Crippen molar-refractivity contribution in [2.45, 2.75) is 24.5 Å². The van der Waals surface area contributed by atoms with Crippen LogP contribution in [0, 0.1) is 18.3 Å². The van der Waals surface area contributed by atoms with E-state index < -0.39 is 15.8 Å². The highest BCUT2D eigenvalue weighted by Crippen LogP contribution is 2.33. The lowest BCUT2D eigenvalue weighted by Crippen LogP contribution is -2.55. The van der Waals surface area contributed by atoms with Crippen molar-refractivity contribution in [2.24, 2.45) is 7.05 Å². The maximum absolute atomic E-state index is 12.7. The summed E-state index contributed by atoms with van der Waals surface area (Å²) in [5.41, 5.74) is 3.58. The summed E-state index contributed by atoms with van der Waals surface area (Å²) in [6.45, 7) is 3.09. The third-order valence-corrected chi connectivity index (χ3v) is 8.57. The molecule has 1 saturated heterocycles. The summed E-state index contributed by atoms with van der Waals surface area (Å²) in [5.74, 6) is 0.527. The molecular formula is C28H27N7O5S. The number of methoxy groups -OCH3 is 1. The summed E-state index contributed by atoms with van der Waals surface area (Å²) in [6, 6.07) is 9.25. The molecule has 5 aromatic rings. The molecule has 2 aromatic carbocycles. The van der Waals surface area contributed by atoms with E-state index in [0.29, 0.717) is 47.1 Å². The minimum absolute atomic E-state index is 0.214. The lowest BCUT2D eigenvalue weighted by atomic mass is 10.1. The van der Waals surface area contributed by atoms with E-state index in [9.17, 15) is 18.5 Å². The predicted molar refractivity (Wildman–Crippen MR) is 151 cm³/mol. The van der Waals surface area contributed by atoms with Crippen LogP contribution in [0.15, 0.2) is 47.8 Å². The molecule has 12 nitrogen and oxygen atoms in total. The number of aromatic amines is 1. The largest absolute Gasteiger partial charge is 0.483 e. The fourth-order valence-corrected chi connectivity index (χ4v) is 6.34. The van der Waals surface area contributed by atoms with Gasteiger partial charge in [-0.2, -0.15) is 10.4 Å². The monoisotopic (exact) mass is 573 g/mol. The number of carbonyl (C=O) groups excluding carboxylic acids is 1. The van der Waals surface area contributed by atoms with Crippen molar-refractivity contribution in [2.75, 3.05) is 31.4 Å². The number of nitriles is 1. The van der Waals surface area contributed by atoms with Gasteiger partial charge in [0.15, 0.2) is 15.6 Å². The van der Waals surface area contributed by atoms with E-state index in [2.05, 4.69) is 16.0 Å². The van der Waals surface area contributed by atoms with Crippen LogP contribution in [-0.4, -0.2) is 71.3 Å². The molecule has 1 fully saturated rings. The van der Waals surface area contributed by atoms with Crippen molar-refractivity contribution in [1.82, 2.24) is 24.3 Å². The zero-order chi connectivity index (χ0) is 29.1. The minimum atomic E-state index is -3.50. The second kappa shape index (κ2) is 9.67. The standard InChI is InChI=1S/C28H27N7O5S/c1-16-9-23(41(4,37)38)21(20-7-8-30-24(16)20)15-35-12-18-6-5-17(10-29)26(25(18)32-35)40-19-13-34(14-19)28-31-11-22(33(28)2)27(36)39-3/h5-9,11-12,19,30H,13-15H2,1-4H3. The van der Waals surface area contributed by atoms with E-state index in [0.717, 1.165) is 21.9 Å². The van der Waals surface area contributed by atoms with Gasteiger partial charge in [-0.3, -0.25) is 4.68 Å². The number of rotatable bonds is 7. The van der Waals surface area contributed by atoms with Crippen molar-refractivity contribution < 1.29 is 22.7 Å². The van der Waals surface area contributed by atoms with E-state index in [4.69, 9.17) is 14.6 Å². The van der Waals surface area contributed by atoms with Gasteiger partial charge in [-0.25, -0.2) is 18.2 Å². The summed E-state index contributed by atoms with van der Waals surface area (Å²) in [5, 5.41) is 16.1. The van der Waals surface area contributed by atoms with Crippen LogP contribution in [0.3, 0.4) is 0 Å². The fourth-order valence-electron chi connectivity index (χ4n) is 5.32. The number of fused-ring (bicyclic) bond motifs is 2. The Bertz CT molecular complexity index is 1990. The lowest BCUT2D eigenvalue weighted by Gasteiger charge is -2.39. The Balaban J connectivity index is 1.30. The van der Waals surface area contributed by atoms with Gasteiger partial charge in [0.25, 0.3) is 0 Å². The number of nitrogens with one attached hydrogen (secondary N) is 1. The third-order valence-electron chi connectivity index (χ3n) is 7.40. The molecular weight excluding hydrogens is 546 g/mol. The Kier molecular flexibility index (Phi) is 6.22.